The Morgan fingerprint density at radius 2 is 1.73 bits per heavy atom. The summed E-state index contributed by atoms with van der Waals surface area (Å²) in [4.78, 5) is 0. The summed E-state index contributed by atoms with van der Waals surface area (Å²) >= 11 is 0. The van der Waals surface area contributed by atoms with Gasteiger partial charge in [-0.05, 0) is 48.8 Å². The second-order valence-corrected chi connectivity index (χ2v) is 3.62. The molecule has 1 aliphatic carbocycles. The Bertz CT molecular complexity index is 259. The van der Waals surface area contributed by atoms with Gasteiger partial charge in [-0.3, -0.25) is 0 Å². The van der Waals surface area contributed by atoms with Crippen LogP contribution in [0.25, 0.3) is 0 Å². The predicted molar refractivity (Wildman–Crippen MR) is 70.5 cm³/mol. The van der Waals surface area contributed by atoms with Crippen LogP contribution in [0, 0.1) is 0 Å². The van der Waals surface area contributed by atoms with Gasteiger partial charge in [-0.15, -0.1) is 0 Å². The molecule has 2 rings (SSSR count). The van der Waals surface area contributed by atoms with Crippen LogP contribution in [0.1, 0.15) is 57.7 Å². The molecule has 0 heterocycles. The van der Waals surface area contributed by atoms with Crippen LogP contribution in [0.3, 0.4) is 0 Å². The van der Waals surface area contributed by atoms with Gasteiger partial charge in [-0.25, -0.2) is 0 Å². The van der Waals surface area contributed by atoms with E-state index in [4.69, 9.17) is 0 Å². The van der Waals surface area contributed by atoms with E-state index in [2.05, 4.69) is 25.1 Å². The highest BCUT2D eigenvalue weighted by atomic mass is 14.2. The molecule has 0 N–H and O–H groups in total. The molecule has 1 aliphatic rings. The molecule has 0 nitrogen and oxygen atoms in total. The molecule has 15 heavy (non-hydrogen) atoms. The van der Waals surface area contributed by atoms with Crippen LogP contribution in [0.2, 0.25) is 0 Å². The molecule has 0 amide bonds. The number of benzene rings is 1. The summed E-state index contributed by atoms with van der Waals surface area (Å²) < 4.78 is 0. The largest absolute Gasteiger partial charge is 0.0776 e. The summed E-state index contributed by atoms with van der Waals surface area (Å²) in [5, 5.41) is 0. The molecule has 86 valence electrons. The van der Waals surface area contributed by atoms with Crippen molar-refractivity contribution < 1.29 is 0 Å². The molecule has 0 bridgehead atoms. The molecule has 0 aromatic heterocycles. The first kappa shape index (κ1) is 14.2. The zero-order chi connectivity index (χ0) is 10.4. The zero-order valence-corrected chi connectivity index (χ0v) is 9.77. The van der Waals surface area contributed by atoms with Crippen molar-refractivity contribution >= 4 is 0 Å². The summed E-state index contributed by atoms with van der Waals surface area (Å²) in [5.41, 5.74) is 4.85. The molecule has 0 heteroatoms. The Morgan fingerprint density at radius 1 is 1.07 bits per heavy atom. The molecule has 0 saturated carbocycles. The van der Waals surface area contributed by atoms with E-state index in [1.165, 1.54) is 32.1 Å². The molecule has 1 aromatic rings. The average molecular weight is 206 g/mol. The van der Waals surface area contributed by atoms with Gasteiger partial charge in [0, 0.05) is 0 Å². The van der Waals surface area contributed by atoms with Gasteiger partial charge in [0.1, 0.15) is 0 Å². The summed E-state index contributed by atoms with van der Waals surface area (Å²) in [5.74, 6) is 0. The van der Waals surface area contributed by atoms with Gasteiger partial charge in [0.2, 0.25) is 0 Å². The van der Waals surface area contributed by atoms with E-state index in [-0.39, 0.29) is 7.43 Å². The maximum Gasteiger partial charge on any atom is -0.0273 e. The third-order valence-electron chi connectivity index (χ3n) is 2.87. The maximum absolute atomic E-state index is 2.30. The SMILES string of the molecule is C.CC.CCc1cccc2c1CCCC2. The van der Waals surface area contributed by atoms with Crippen LogP contribution >= 0.6 is 0 Å². The van der Waals surface area contributed by atoms with Crippen molar-refractivity contribution in [2.75, 3.05) is 0 Å². The standard InChI is InChI=1S/C12H16.C2H6.CH4/c1-2-10-7-5-8-11-6-3-4-9-12(10)11;1-2;/h5,7-8H,2-4,6,9H2,1H3;1-2H3;1H4. The van der Waals surface area contributed by atoms with Gasteiger partial charge in [-0.2, -0.15) is 0 Å². The summed E-state index contributed by atoms with van der Waals surface area (Å²) in [6, 6.07) is 6.79. The Hall–Kier alpha value is -0.780. The Kier molecular flexibility index (Phi) is 7.11. The number of fused-ring (bicyclic) bond motifs is 1. The van der Waals surface area contributed by atoms with E-state index in [1.807, 2.05) is 13.8 Å². The monoisotopic (exact) mass is 206 g/mol. The van der Waals surface area contributed by atoms with E-state index in [1.54, 1.807) is 16.7 Å². The molecule has 0 aliphatic heterocycles. The van der Waals surface area contributed by atoms with Crippen LogP contribution in [-0.2, 0) is 19.3 Å². The summed E-state index contributed by atoms with van der Waals surface area (Å²) in [7, 11) is 0. The molecular weight excluding hydrogens is 180 g/mol. The van der Waals surface area contributed by atoms with Crippen molar-refractivity contribution in [3.8, 4) is 0 Å². The first-order valence-electron chi connectivity index (χ1n) is 6.01. The fraction of sp³-hybridized carbons (Fsp3) is 0.600. The Labute approximate surface area is 95.7 Å². The highest BCUT2D eigenvalue weighted by Gasteiger charge is 2.10. The van der Waals surface area contributed by atoms with Gasteiger partial charge in [-0.1, -0.05) is 46.4 Å². The predicted octanol–water partition coefficient (Wildman–Crippen LogP) is 4.79. The molecule has 0 spiro atoms. The van der Waals surface area contributed by atoms with Gasteiger partial charge < -0.3 is 0 Å². The molecule has 0 saturated heterocycles. The average Bonchev–Trinajstić information content (AvgIpc) is 2.31. The molecule has 0 radical (unpaired) electrons. The second-order valence-electron chi connectivity index (χ2n) is 3.62. The van der Waals surface area contributed by atoms with E-state index in [9.17, 15) is 0 Å². The van der Waals surface area contributed by atoms with E-state index >= 15 is 0 Å². The lowest BCUT2D eigenvalue weighted by Crippen LogP contribution is -2.05. The lowest BCUT2D eigenvalue weighted by molar-refractivity contribution is 0.679. The molecular formula is C15H26. The first-order valence-corrected chi connectivity index (χ1v) is 6.01. The van der Waals surface area contributed by atoms with Crippen LogP contribution in [-0.4, -0.2) is 0 Å². The number of hydrogen-bond donors (Lipinski definition) is 0. The molecule has 0 fully saturated rings. The van der Waals surface area contributed by atoms with Crippen molar-refractivity contribution in [1.29, 1.82) is 0 Å². The van der Waals surface area contributed by atoms with Crippen molar-refractivity contribution in [2.24, 2.45) is 0 Å². The Morgan fingerprint density at radius 3 is 2.40 bits per heavy atom. The van der Waals surface area contributed by atoms with E-state index in [0.717, 1.165) is 0 Å². The van der Waals surface area contributed by atoms with Crippen LogP contribution < -0.4 is 0 Å². The number of hydrogen-bond acceptors (Lipinski definition) is 0. The summed E-state index contributed by atoms with van der Waals surface area (Å²) in [6.07, 6.45) is 6.61. The second kappa shape index (κ2) is 7.50. The van der Waals surface area contributed by atoms with Crippen molar-refractivity contribution in [2.45, 2.75) is 60.3 Å². The molecule has 0 unspecified atom stereocenters. The van der Waals surface area contributed by atoms with Gasteiger partial charge in [0.15, 0.2) is 0 Å². The minimum atomic E-state index is 0. The van der Waals surface area contributed by atoms with Crippen molar-refractivity contribution in [3.63, 3.8) is 0 Å². The quantitative estimate of drug-likeness (QED) is 0.619. The third kappa shape index (κ3) is 3.37. The van der Waals surface area contributed by atoms with Crippen molar-refractivity contribution in [1.82, 2.24) is 0 Å². The molecule has 0 atom stereocenters. The number of rotatable bonds is 1. The fourth-order valence-electron chi connectivity index (χ4n) is 2.19. The number of aryl methyl sites for hydroxylation is 2. The lowest BCUT2D eigenvalue weighted by Gasteiger charge is -2.18. The molecule has 1 aromatic carbocycles. The fourth-order valence-corrected chi connectivity index (χ4v) is 2.19. The zero-order valence-electron chi connectivity index (χ0n) is 9.77. The third-order valence-corrected chi connectivity index (χ3v) is 2.87. The van der Waals surface area contributed by atoms with Crippen molar-refractivity contribution in [3.05, 3.63) is 34.9 Å². The minimum Gasteiger partial charge on any atom is -0.0776 e. The van der Waals surface area contributed by atoms with E-state index < -0.39 is 0 Å². The van der Waals surface area contributed by atoms with Gasteiger partial charge in [0.05, 0.1) is 0 Å². The topological polar surface area (TPSA) is 0 Å². The maximum atomic E-state index is 2.30. The normalized spacial score (nSPS) is 13.0. The first-order chi connectivity index (χ1) is 6.92. The van der Waals surface area contributed by atoms with Gasteiger partial charge >= 0.3 is 0 Å². The highest BCUT2D eigenvalue weighted by molar-refractivity contribution is 5.36. The summed E-state index contributed by atoms with van der Waals surface area (Å²) in [6.45, 7) is 6.25. The van der Waals surface area contributed by atoms with Crippen LogP contribution in [0.5, 0.6) is 0 Å². The van der Waals surface area contributed by atoms with Crippen LogP contribution in [0.15, 0.2) is 18.2 Å². The minimum absolute atomic E-state index is 0. The van der Waals surface area contributed by atoms with E-state index in [0.29, 0.717) is 0 Å². The smallest absolute Gasteiger partial charge is 0.0273 e. The highest BCUT2D eigenvalue weighted by Crippen LogP contribution is 2.24. The Balaban J connectivity index is 0.000000617. The van der Waals surface area contributed by atoms with Crippen LogP contribution in [0.4, 0.5) is 0 Å². The van der Waals surface area contributed by atoms with Gasteiger partial charge in [0.25, 0.3) is 0 Å². The lowest BCUT2D eigenvalue weighted by atomic mass is 9.87.